The first kappa shape index (κ1) is 27.9. The number of phenols is 1. The Labute approximate surface area is 168 Å². The Morgan fingerprint density at radius 3 is 1.93 bits per heavy atom. The van der Waals surface area contributed by atoms with E-state index in [1.54, 1.807) is 19.9 Å². The smallest absolute Gasteiger partial charge is 0.402 e. The fourth-order valence-electron chi connectivity index (χ4n) is 2.71. The molecule has 0 fully saturated rings. The van der Waals surface area contributed by atoms with Crippen molar-refractivity contribution in [1.82, 2.24) is 4.90 Å². The van der Waals surface area contributed by atoms with Crippen LogP contribution >= 0.6 is 0 Å². The summed E-state index contributed by atoms with van der Waals surface area (Å²) in [4.78, 5) is 21.0. The third-order valence-electron chi connectivity index (χ3n) is 4.08. The highest BCUT2D eigenvalue weighted by Gasteiger charge is 2.18. The second-order valence-electron chi connectivity index (χ2n) is 7.30. The predicted molar refractivity (Wildman–Crippen MR) is 112 cm³/mol. The largest absolute Gasteiger partial charge is 0.508 e. The van der Waals surface area contributed by atoms with Gasteiger partial charge in [-0.1, -0.05) is 39.8 Å². The van der Waals surface area contributed by atoms with Gasteiger partial charge in [-0.15, -0.1) is 0 Å². The molecule has 0 spiro atoms. The maximum absolute atomic E-state index is 10.0. The number of phenolic OH excluding ortho intramolecular Hbond substituents is 1. The quantitative estimate of drug-likeness (QED) is 0.473. The van der Waals surface area contributed by atoms with Crippen LogP contribution in [0.15, 0.2) is 24.3 Å². The van der Waals surface area contributed by atoms with Gasteiger partial charge in [0.05, 0.1) is 0 Å². The summed E-state index contributed by atoms with van der Waals surface area (Å²) in [5, 5.41) is 24.9. The summed E-state index contributed by atoms with van der Waals surface area (Å²) in [5.41, 5.74) is 10.4. The molecule has 28 heavy (non-hydrogen) atoms. The SMILES string of the molecule is CC(C)C(N)C(=O)O.CC[C@@H](c1cccc(O)c1)[C@@H](C)CN(C)C.NC(=O)O. The van der Waals surface area contributed by atoms with Crippen LogP contribution in [0.1, 0.15) is 45.6 Å². The molecule has 1 rings (SSSR count). The molecule has 7 N–H and O–H groups in total. The highest BCUT2D eigenvalue weighted by Crippen LogP contribution is 2.30. The lowest BCUT2D eigenvalue weighted by Gasteiger charge is -2.26. The van der Waals surface area contributed by atoms with Gasteiger partial charge >= 0.3 is 12.1 Å². The molecule has 162 valence electrons. The van der Waals surface area contributed by atoms with E-state index in [0.717, 1.165) is 13.0 Å². The highest BCUT2D eigenvalue weighted by atomic mass is 16.4. The zero-order chi connectivity index (χ0) is 22.4. The van der Waals surface area contributed by atoms with Crippen LogP contribution in [-0.2, 0) is 4.79 Å². The molecule has 1 amide bonds. The van der Waals surface area contributed by atoms with Gasteiger partial charge in [0.1, 0.15) is 11.8 Å². The molecule has 1 unspecified atom stereocenters. The number of hydrogen-bond donors (Lipinski definition) is 5. The predicted octanol–water partition coefficient (Wildman–Crippen LogP) is 2.76. The van der Waals surface area contributed by atoms with Crippen LogP contribution in [0.2, 0.25) is 0 Å². The summed E-state index contributed by atoms with van der Waals surface area (Å²) in [6, 6.07) is 6.94. The lowest BCUT2D eigenvalue weighted by Crippen LogP contribution is -2.34. The van der Waals surface area contributed by atoms with Gasteiger partial charge in [0.2, 0.25) is 0 Å². The van der Waals surface area contributed by atoms with Crippen molar-refractivity contribution < 1.29 is 24.9 Å². The zero-order valence-corrected chi connectivity index (χ0v) is 17.8. The normalized spacial score (nSPS) is 13.5. The molecule has 0 heterocycles. The first-order valence-electron chi connectivity index (χ1n) is 9.23. The van der Waals surface area contributed by atoms with E-state index in [-0.39, 0.29) is 5.92 Å². The maximum Gasteiger partial charge on any atom is 0.402 e. The number of aliphatic carboxylic acids is 1. The van der Waals surface area contributed by atoms with Crippen LogP contribution in [0, 0.1) is 11.8 Å². The van der Waals surface area contributed by atoms with Crippen molar-refractivity contribution in [3.63, 3.8) is 0 Å². The Kier molecular flexibility index (Phi) is 14.6. The molecular formula is C20H37N3O5. The molecule has 0 saturated heterocycles. The van der Waals surface area contributed by atoms with Gasteiger partial charge in [-0.05, 0) is 56.0 Å². The van der Waals surface area contributed by atoms with Crippen molar-refractivity contribution in [2.75, 3.05) is 20.6 Å². The van der Waals surface area contributed by atoms with Crippen LogP contribution in [0.4, 0.5) is 4.79 Å². The minimum atomic E-state index is -1.33. The van der Waals surface area contributed by atoms with E-state index in [1.165, 1.54) is 5.56 Å². The van der Waals surface area contributed by atoms with Crippen LogP contribution in [0.25, 0.3) is 0 Å². The van der Waals surface area contributed by atoms with E-state index in [9.17, 15) is 9.90 Å². The van der Waals surface area contributed by atoms with Gasteiger partial charge in [-0.2, -0.15) is 0 Å². The van der Waals surface area contributed by atoms with E-state index >= 15 is 0 Å². The Morgan fingerprint density at radius 1 is 1.14 bits per heavy atom. The van der Waals surface area contributed by atoms with Crippen LogP contribution in [0.5, 0.6) is 5.75 Å². The lowest BCUT2D eigenvalue weighted by molar-refractivity contribution is -0.139. The first-order chi connectivity index (χ1) is 12.8. The van der Waals surface area contributed by atoms with Crippen LogP contribution in [0.3, 0.4) is 0 Å². The highest BCUT2D eigenvalue weighted by molar-refractivity contribution is 5.73. The van der Waals surface area contributed by atoms with Crippen molar-refractivity contribution in [1.29, 1.82) is 0 Å². The fraction of sp³-hybridized carbons (Fsp3) is 0.600. The number of primary amides is 1. The second-order valence-corrected chi connectivity index (χ2v) is 7.30. The number of carboxylic acid groups (broad SMARTS) is 2. The Morgan fingerprint density at radius 2 is 1.64 bits per heavy atom. The topological polar surface area (TPSA) is 150 Å². The number of nitrogens with zero attached hydrogens (tertiary/aromatic N) is 1. The van der Waals surface area contributed by atoms with Crippen molar-refractivity contribution >= 4 is 12.1 Å². The summed E-state index contributed by atoms with van der Waals surface area (Å²) < 4.78 is 0. The number of benzene rings is 1. The number of amides is 1. The fourth-order valence-corrected chi connectivity index (χ4v) is 2.71. The minimum Gasteiger partial charge on any atom is -0.508 e. The average molecular weight is 400 g/mol. The summed E-state index contributed by atoms with van der Waals surface area (Å²) in [6.07, 6.45) is -0.224. The summed E-state index contributed by atoms with van der Waals surface area (Å²) in [6.45, 7) is 9.12. The Bertz CT molecular complexity index is 575. The van der Waals surface area contributed by atoms with Gasteiger partial charge in [-0.3, -0.25) is 4.79 Å². The maximum atomic E-state index is 10.0. The van der Waals surface area contributed by atoms with E-state index < -0.39 is 18.1 Å². The van der Waals surface area contributed by atoms with Crippen molar-refractivity contribution in [2.45, 2.75) is 46.1 Å². The molecule has 0 bridgehead atoms. The number of hydrogen-bond acceptors (Lipinski definition) is 5. The molecule has 0 aromatic heterocycles. The number of nitrogens with two attached hydrogens (primary N) is 2. The monoisotopic (exact) mass is 399 g/mol. The Balaban J connectivity index is 0. The molecule has 0 aliphatic heterocycles. The van der Waals surface area contributed by atoms with Gasteiger partial charge < -0.3 is 31.7 Å². The first-order valence-corrected chi connectivity index (χ1v) is 9.23. The number of carboxylic acids is 1. The summed E-state index contributed by atoms with van der Waals surface area (Å²) >= 11 is 0. The Hall–Kier alpha value is -2.32. The van der Waals surface area contributed by atoms with E-state index in [4.69, 9.17) is 20.7 Å². The molecule has 1 aromatic rings. The van der Waals surface area contributed by atoms with Crippen molar-refractivity contribution in [3.05, 3.63) is 29.8 Å². The molecular weight excluding hydrogens is 362 g/mol. The summed E-state index contributed by atoms with van der Waals surface area (Å²) in [7, 11) is 4.21. The standard InChI is InChI=1S/C14H23NO.C5H11NO2.CH3NO2/c1-5-14(11(2)10-15(3)4)12-7-6-8-13(16)9-12;1-3(2)4(6)5(7)8;2-1(3)4/h6-9,11,14,16H,5,10H2,1-4H3;3-4H,6H2,1-2H3,(H,7,8);2H2,(H,3,4)/t11-,14+;;/m0../s1. The van der Waals surface area contributed by atoms with Gasteiger partial charge in [0.15, 0.2) is 0 Å². The average Bonchev–Trinajstić information content (AvgIpc) is 2.54. The van der Waals surface area contributed by atoms with Gasteiger partial charge in [0, 0.05) is 6.54 Å². The molecule has 8 nitrogen and oxygen atoms in total. The van der Waals surface area contributed by atoms with E-state index in [1.807, 2.05) is 12.1 Å². The summed E-state index contributed by atoms with van der Waals surface area (Å²) in [5.74, 6) is 0.580. The van der Waals surface area contributed by atoms with Crippen molar-refractivity contribution in [2.24, 2.45) is 23.3 Å². The van der Waals surface area contributed by atoms with Gasteiger partial charge in [-0.25, -0.2) is 4.79 Å². The van der Waals surface area contributed by atoms with Crippen molar-refractivity contribution in [3.8, 4) is 5.75 Å². The van der Waals surface area contributed by atoms with E-state index in [0.29, 0.717) is 17.6 Å². The third kappa shape index (κ3) is 13.8. The number of aromatic hydroxyl groups is 1. The molecule has 8 heteroatoms. The number of rotatable bonds is 7. The lowest BCUT2D eigenvalue weighted by atomic mass is 9.85. The molecule has 0 radical (unpaired) electrons. The molecule has 3 atom stereocenters. The van der Waals surface area contributed by atoms with Gasteiger partial charge in [0.25, 0.3) is 0 Å². The molecule has 0 saturated carbocycles. The molecule has 1 aromatic carbocycles. The third-order valence-corrected chi connectivity index (χ3v) is 4.08. The zero-order valence-electron chi connectivity index (χ0n) is 17.8. The van der Waals surface area contributed by atoms with E-state index in [2.05, 4.69) is 44.6 Å². The number of carbonyl (C=O) groups is 2. The van der Waals surface area contributed by atoms with Crippen LogP contribution in [-0.4, -0.2) is 59.0 Å². The molecule has 0 aliphatic rings. The second kappa shape index (κ2) is 14.7. The minimum absolute atomic E-state index is 0.0208. The van der Waals surface area contributed by atoms with Crippen LogP contribution < -0.4 is 11.5 Å². The molecule has 0 aliphatic carbocycles.